The molecule has 0 bridgehead atoms. The molecule has 0 spiro atoms. The zero-order valence-corrected chi connectivity index (χ0v) is 11.6. The van der Waals surface area contributed by atoms with Gasteiger partial charge in [-0.1, -0.05) is 23.7 Å². The molecule has 1 N–H and O–H groups in total. The molecular weight excluding hydrogens is 305 g/mol. The topological polar surface area (TPSA) is 34.1 Å². The Bertz CT molecular complexity index is 588. The second kappa shape index (κ2) is 6.67. The molecule has 2 rings (SSSR count). The van der Waals surface area contributed by atoms with E-state index >= 15 is 0 Å². The van der Waals surface area contributed by atoms with Crippen molar-refractivity contribution in [2.45, 2.75) is 12.7 Å². The minimum absolute atomic E-state index is 0.0689. The number of nitrogens with one attached hydrogen (secondary N) is 1. The van der Waals surface area contributed by atoms with E-state index in [2.05, 4.69) is 15.0 Å². The molecule has 112 valence electrons. The number of anilines is 1. The minimum atomic E-state index is -4.37. The highest BCUT2D eigenvalue weighted by Crippen LogP contribution is 2.18. The van der Waals surface area contributed by atoms with Crippen molar-refractivity contribution in [2.24, 2.45) is 0 Å². The number of nitrogens with zero attached hydrogens (tertiary/aromatic N) is 1. The Balaban J connectivity index is 1.87. The molecule has 0 aliphatic carbocycles. The Morgan fingerprint density at radius 1 is 1.19 bits per heavy atom. The van der Waals surface area contributed by atoms with Crippen LogP contribution in [0.5, 0.6) is 5.88 Å². The summed E-state index contributed by atoms with van der Waals surface area (Å²) in [6.07, 6.45) is -2.96. The molecule has 2 aromatic rings. The first-order valence-electron chi connectivity index (χ1n) is 6.06. The number of ether oxygens (including phenoxy) is 1. The van der Waals surface area contributed by atoms with Crippen LogP contribution in [0.1, 0.15) is 5.56 Å². The molecule has 1 heterocycles. The summed E-state index contributed by atoms with van der Waals surface area (Å²) < 4.78 is 40.5. The van der Waals surface area contributed by atoms with E-state index in [0.29, 0.717) is 17.3 Å². The van der Waals surface area contributed by atoms with Gasteiger partial charge in [0.25, 0.3) is 0 Å². The average molecular weight is 317 g/mol. The van der Waals surface area contributed by atoms with Crippen LogP contribution in [0.4, 0.5) is 18.9 Å². The molecule has 1 aromatic heterocycles. The SMILES string of the molecule is FC(F)(F)COc1ccc(NCc2cccc(Cl)c2)cn1. The molecule has 1 aromatic carbocycles. The van der Waals surface area contributed by atoms with Gasteiger partial charge in [-0.25, -0.2) is 4.98 Å². The van der Waals surface area contributed by atoms with Crippen LogP contribution in [-0.4, -0.2) is 17.8 Å². The van der Waals surface area contributed by atoms with E-state index in [9.17, 15) is 13.2 Å². The standard InChI is InChI=1S/C14H12ClF3N2O/c15-11-3-1-2-10(6-11)7-19-12-4-5-13(20-8-12)21-9-14(16,17)18/h1-6,8,19H,7,9H2. The van der Waals surface area contributed by atoms with Crippen LogP contribution < -0.4 is 10.1 Å². The molecule has 3 nitrogen and oxygen atoms in total. The van der Waals surface area contributed by atoms with Crippen molar-refractivity contribution >= 4 is 17.3 Å². The zero-order chi connectivity index (χ0) is 15.3. The molecule has 0 saturated heterocycles. The van der Waals surface area contributed by atoms with Crippen molar-refractivity contribution in [3.8, 4) is 5.88 Å². The monoisotopic (exact) mass is 316 g/mol. The van der Waals surface area contributed by atoms with E-state index in [-0.39, 0.29) is 5.88 Å². The summed E-state index contributed by atoms with van der Waals surface area (Å²) in [5, 5.41) is 3.73. The maximum atomic E-state index is 12.0. The number of hydrogen-bond acceptors (Lipinski definition) is 3. The maximum absolute atomic E-state index is 12.0. The number of pyridine rings is 1. The van der Waals surface area contributed by atoms with Gasteiger partial charge in [0, 0.05) is 17.6 Å². The summed E-state index contributed by atoms with van der Waals surface area (Å²) in [7, 11) is 0. The number of alkyl halides is 3. The van der Waals surface area contributed by atoms with E-state index < -0.39 is 12.8 Å². The molecule has 0 amide bonds. The lowest BCUT2D eigenvalue weighted by molar-refractivity contribution is -0.154. The Kier molecular flexibility index (Phi) is 4.90. The number of benzene rings is 1. The van der Waals surface area contributed by atoms with Crippen LogP contribution in [0.25, 0.3) is 0 Å². The molecule has 0 saturated carbocycles. The normalized spacial score (nSPS) is 11.2. The first-order chi connectivity index (χ1) is 9.92. The highest BCUT2D eigenvalue weighted by molar-refractivity contribution is 6.30. The van der Waals surface area contributed by atoms with Gasteiger partial charge in [-0.15, -0.1) is 0 Å². The van der Waals surface area contributed by atoms with E-state index in [0.717, 1.165) is 5.56 Å². The lowest BCUT2D eigenvalue weighted by Gasteiger charge is -2.10. The van der Waals surface area contributed by atoms with Crippen molar-refractivity contribution in [1.29, 1.82) is 0 Å². The smallest absolute Gasteiger partial charge is 0.422 e. The van der Waals surface area contributed by atoms with Gasteiger partial charge >= 0.3 is 6.18 Å². The zero-order valence-electron chi connectivity index (χ0n) is 10.8. The van der Waals surface area contributed by atoms with Gasteiger partial charge in [0.05, 0.1) is 11.9 Å². The second-order valence-corrected chi connectivity index (χ2v) is 4.71. The predicted octanol–water partition coefficient (Wildman–Crippen LogP) is 4.29. The number of halogens is 4. The molecule has 0 atom stereocenters. The molecule has 0 aliphatic rings. The average Bonchev–Trinajstić information content (AvgIpc) is 2.43. The minimum Gasteiger partial charge on any atom is -0.468 e. The van der Waals surface area contributed by atoms with Crippen molar-refractivity contribution in [3.05, 3.63) is 53.2 Å². The van der Waals surface area contributed by atoms with E-state index in [4.69, 9.17) is 11.6 Å². The van der Waals surface area contributed by atoms with Crippen molar-refractivity contribution in [3.63, 3.8) is 0 Å². The fraction of sp³-hybridized carbons (Fsp3) is 0.214. The highest BCUT2D eigenvalue weighted by Gasteiger charge is 2.28. The Hall–Kier alpha value is -1.95. The Labute approximate surface area is 124 Å². The van der Waals surface area contributed by atoms with Crippen LogP contribution in [0.15, 0.2) is 42.6 Å². The number of aromatic nitrogens is 1. The van der Waals surface area contributed by atoms with Crippen molar-refractivity contribution in [1.82, 2.24) is 4.98 Å². The van der Waals surface area contributed by atoms with Crippen LogP contribution in [-0.2, 0) is 6.54 Å². The summed E-state index contributed by atoms with van der Waals surface area (Å²) >= 11 is 5.87. The first kappa shape index (κ1) is 15.4. The summed E-state index contributed by atoms with van der Waals surface area (Å²) in [5.74, 6) is -0.0689. The molecule has 21 heavy (non-hydrogen) atoms. The van der Waals surface area contributed by atoms with Gasteiger partial charge in [0.15, 0.2) is 6.61 Å². The summed E-state index contributed by atoms with van der Waals surface area (Å²) in [6.45, 7) is -0.819. The molecule has 0 unspecified atom stereocenters. The van der Waals surface area contributed by atoms with Crippen molar-refractivity contribution in [2.75, 3.05) is 11.9 Å². The molecule has 0 fully saturated rings. The van der Waals surface area contributed by atoms with Gasteiger partial charge in [-0.05, 0) is 23.8 Å². The quantitative estimate of drug-likeness (QED) is 0.893. The number of rotatable bonds is 5. The fourth-order valence-corrected chi connectivity index (χ4v) is 1.79. The molecular formula is C14H12ClF3N2O. The van der Waals surface area contributed by atoms with Gasteiger partial charge in [0.2, 0.25) is 5.88 Å². The third-order valence-electron chi connectivity index (χ3n) is 2.51. The van der Waals surface area contributed by atoms with Crippen LogP contribution in [0.3, 0.4) is 0 Å². The third kappa shape index (κ3) is 5.51. The lowest BCUT2D eigenvalue weighted by Crippen LogP contribution is -2.19. The molecule has 0 aliphatic heterocycles. The van der Waals surface area contributed by atoms with Gasteiger partial charge < -0.3 is 10.1 Å². The highest BCUT2D eigenvalue weighted by atomic mass is 35.5. The Morgan fingerprint density at radius 2 is 2.00 bits per heavy atom. The first-order valence-corrected chi connectivity index (χ1v) is 6.44. The summed E-state index contributed by atoms with van der Waals surface area (Å²) in [6, 6.07) is 10.3. The summed E-state index contributed by atoms with van der Waals surface area (Å²) in [5.41, 5.74) is 1.66. The second-order valence-electron chi connectivity index (χ2n) is 4.27. The van der Waals surface area contributed by atoms with Gasteiger partial charge in [-0.3, -0.25) is 0 Å². The molecule has 7 heteroatoms. The van der Waals surface area contributed by atoms with Crippen LogP contribution in [0.2, 0.25) is 5.02 Å². The Morgan fingerprint density at radius 3 is 2.62 bits per heavy atom. The van der Waals surface area contributed by atoms with E-state index in [1.165, 1.54) is 12.3 Å². The van der Waals surface area contributed by atoms with Crippen molar-refractivity contribution < 1.29 is 17.9 Å². The van der Waals surface area contributed by atoms with Gasteiger partial charge in [0.1, 0.15) is 0 Å². The predicted molar refractivity (Wildman–Crippen MR) is 74.6 cm³/mol. The third-order valence-corrected chi connectivity index (χ3v) is 2.74. The largest absolute Gasteiger partial charge is 0.468 e. The van der Waals surface area contributed by atoms with Crippen LogP contribution >= 0.6 is 11.6 Å². The van der Waals surface area contributed by atoms with Crippen LogP contribution in [0, 0.1) is 0 Å². The van der Waals surface area contributed by atoms with Gasteiger partial charge in [-0.2, -0.15) is 13.2 Å². The lowest BCUT2D eigenvalue weighted by atomic mass is 10.2. The summed E-state index contributed by atoms with van der Waals surface area (Å²) in [4.78, 5) is 3.80. The van der Waals surface area contributed by atoms with E-state index in [1.807, 2.05) is 18.2 Å². The maximum Gasteiger partial charge on any atom is 0.422 e. The molecule has 0 radical (unpaired) electrons. The number of hydrogen-bond donors (Lipinski definition) is 1. The fourth-order valence-electron chi connectivity index (χ4n) is 1.58. The van der Waals surface area contributed by atoms with E-state index in [1.54, 1.807) is 12.1 Å².